The molecule has 2 aromatic heterocycles. The molecule has 23 heavy (non-hydrogen) atoms. The van der Waals surface area contributed by atoms with Crippen LogP contribution in [-0.2, 0) is 4.74 Å². The minimum atomic E-state index is -0.485. The van der Waals surface area contributed by atoms with Gasteiger partial charge in [-0.1, -0.05) is 0 Å². The third-order valence-electron chi connectivity index (χ3n) is 3.84. The summed E-state index contributed by atoms with van der Waals surface area (Å²) >= 11 is 0. The second-order valence-corrected chi connectivity index (χ2v) is 7.02. The maximum atomic E-state index is 12.2. The van der Waals surface area contributed by atoms with Crippen LogP contribution in [0.1, 0.15) is 34.1 Å². The second-order valence-electron chi connectivity index (χ2n) is 7.02. The molecule has 6 nitrogen and oxygen atoms in total. The van der Waals surface area contributed by atoms with E-state index in [0.717, 1.165) is 17.7 Å². The molecule has 2 atom stereocenters. The van der Waals surface area contributed by atoms with Crippen molar-refractivity contribution in [2.75, 3.05) is 6.54 Å². The zero-order valence-electron chi connectivity index (χ0n) is 14.0. The van der Waals surface area contributed by atoms with Crippen LogP contribution < -0.4 is 4.74 Å². The number of likely N-dealkylation sites (tertiary alicyclic amines) is 1. The van der Waals surface area contributed by atoms with Gasteiger partial charge in [0.15, 0.2) is 0 Å². The third-order valence-corrected chi connectivity index (χ3v) is 3.84. The molecule has 1 aliphatic rings. The highest BCUT2D eigenvalue weighted by atomic mass is 16.6. The maximum Gasteiger partial charge on any atom is 0.410 e. The molecule has 0 radical (unpaired) electrons. The number of hydrogen-bond acceptors (Lipinski definition) is 4. The van der Waals surface area contributed by atoms with Gasteiger partial charge in [-0.25, -0.2) is 9.31 Å². The summed E-state index contributed by atoms with van der Waals surface area (Å²) in [5, 5.41) is 4.20. The summed E-state index contributed by atoms with van der Waals surface area (Å²) in [5.41, 5.74) is 0.536. The quantitative estimate of drug-likeness (QED) is 0.854. The number of fused-ring (bicyclic) bond motifs is 1. The standard InChI is InChI=1S/C17H23N3O3/c1-12-9-15(10-19(12)16(21)23-17(2,3)4)22-14-6-5-13-7-8-18-20(13)11-14/h5-8,11-12,15H,9-10H2,1-4H3/t12-,15+/m0/s1. The fraction of sp³-hybridized carbons (Fsp3) is 0.529. The summed E-state index contributed by atoms with van der Waals surface area (Å²) in [6.07, 6.45) is 4.08. The van der Waals surface area contributed by atoms with E-state index in [1.165, 1.54) is 0 Å². The molecule has 0 aromatic carbocycles. The third kappa shape index (κ3) is 3.57. The molecule has 1 aliphatic heterocycles. The monoisotopic (exact) mass is 317 g/mol. The van der Waals surface area contributed by atoms with E-state index < -0.39 is 5.60 Å². The van der Waals surface area contributed by atoms with Crippen molar-refractivity contribution in [2.45, 2.75) is 51.9 Å². The van der Waals surface area contributed by atoms with Crippen molar-refractivity contribution in [3.8, 4) is 5.75 Å². The molecule has 0 saturated carbocycles. The number of ether oxygens (including phenoxy) is 2. The van der Waals surface area contributed by atoms with E-state index >= 15 is 0 Å². The minimum absolute atomic E-state index is 0.0365. The zero-order valence-corrected chi connectivity index (χ0v) is 14.0. The number of pyridine rings is 1. The Labute approximate surface area is 136 Å². The molecular formula is C17H23N3O3. The zero-order chi connectivity index (χ0) is 16.6. The molecule has 0 bridgehead atoms. The Hall–Kier alpha value is -2.24. The molecule has 2 aromatic rings. The number of carbonyl (C=O) groups is 1. The first-order valence-corrected chi connectivity index (χ1v) is 7.91. The van der Waals surface area contributed by atoms with E-state index in [1.807, 2.05) is 52.1 Å². The Morgan fingerprint density at radius 3 is 2.83 bits per heavy atom. The van der Waals surface area contributed by atoms with Crippen molar-refractivity contribution in [3.05, 3.63) is 30.6 Å². The largest absolute Gasteiger partial charge is 0.487 e. The van der Waals surface area contributed by atoms with Crippen LogP contribution in [0.15, 0.2) is 30.6 Å². The molecule has 0 unspecified atom stereocenters. The molecule has 1 amide bonds. The Bertz CT molecular complexity index is 704. The van der Waals surface area contributed by atoms with Gasteiger partial charge in [0.2, 0.25) is 0 Å². The molecule has 1 saturated heterocycles. The molecular weight excluding hydrogens is 294 g/mol. The molecule has 3 heterocycles. The van der Waals surface area contributed by atoms with Crippen LogP contribution in [0.4, 0.5) is 4.79 Å². The predicted molar refractivity (Wildman–Crippen MR) is 86.6 cm³/mol. The number of rotatable bonds is 2. The predicted octanol–water partition coefficient (Wildman–Crippen LogP) is 3.11. The van der Waals surface area contributed by atoms with Gasteiger partial charge in [0.25, 0.3) is 0 Å². The highest BCUT2D eigenvalue weighted by Crippen LogP contribution is 2.25. The fourth-order valence-corrected chi connectivity index (χ4v) is 2.80. The van der Waals surface area contributed by atoms with Crippen LogP contribution in [0.25, 0.3) is 5.52 Å². The van der Waals surface area contributed by atoms with Crippen LogP contribution in [0, 0.1) is 0 Å². The molecule has 0 aliphatic carbocycles. The van der Waals surface area contributed by atoms with Crippen LogP contribution in [0.3, 0.4) is 0 Å². The Morgan fingerprint density at radius 1 is 1.30 bits per heavy atom. The molecule has 124 valence electrons. The fourth-order valence-electron chi connectivity index (χ4n) is 2.80. The summed E-state index contributed by atoms with van der Waals surface area (Å²) in [7, 11) is 0. The van der Waals surface area contributed by atoms with Gasteiger partial charge in [-0.15, -0.1) is 0 Å². The second kappa shape index (κ2) is 5.76. The summed E-state index contributed by atoms with van der Waals surface area (Å²) in [6, 6.07) is 5.93. The lowest BCUT2D eigenvalue weighted by Crippen LogP contribution is -2.39. The number of aromatic nitrogens is 2. The maximum absolute atomic E-state index is 12.2. The van der Waals surface area contributed by atoms with E-state index in [1.54, 1.807) is 15.6 Å². The van der Waals surface area contributed by atoms with Crippen molar-refractivity contribution in [3.63, 3.8) is 0 Å². The van der Waals surface area contributed by atoms with Crippen molar-refractivity contribution in [2.24, 2.45) is 0 Å². The SMILES string of the molecule is C[C@H]1C[C@@H](Oc2ccc3ccnn3c2)CN1C(=O)OC(C)(C)C. The lowest BCUT2D eigenvalue weighted by atomic mass is 10.2. The van der Waals surface area contributed by atoms with Gasteiger partial charge in [-0.2, -0.15) is 5.10 Å². The van der Waals surface area contributed by atoms with E-state index in [-0.39, 0.29) is 18.2 Å². The van der Waals surface area contributed by atoms with E-state index in [4.69, 9.17) is 9.47 Å². The van der Waals surface area contributed by atoms with Gasteiger partial charge >= 0.3 is 6.09 Å². The van der Waals surface area contributed by atoms with Crippen molar-refractivity contribution in [1.82, 2.24) is 14.5 Å². The van der Waals surface area contributed by atoms with Crippen LogP contribution in [0.5, 0.6) is 5.75 Å². The number of carbonyl (C=O) groups excluding carboxylic acids is 1. The highest BCUT2D eigenvalue weighted by molar-refractivity contribution is 5.69. The van der Waals surface area contributed by atoms with E-state index in [2.05, 4.69) is 5.10 Å². The normalized spacial score (nSPS) is 21.7. The lowest BCUT2D eigenvalue weighted by molar-refractivity contribution is 0.0224. The van der Waals surface area contributed by atoms with Gasteiger partial charge in [0.1, 0.15) is 17.5 Å². The average Bonchev–Trinajstić information content (AvgIpc) is 3.03. The van der Waals surface area contributed by atoms with Gasteiger partial charge < -0.3 is 14.4 Å². The first-order valence-electron chi connectivity index (χ1n) is 7.91. The van der Waals surface area contributed by atoms with Crippen LogP contribution in [-0.4, -0.2) is 44.9 Å². The number of hydrogen-bond donors (Lipinski definition) is 0. The van der Waals surface area contributed by atoms with E-state index in [9.17, 15) is 4.79 Å². The molecule has 6 heteroatoms. The van der Waals surface area contributed by atoms with Crippen LogP contribution in [0.2, 0.25) is 0 Å². The smallest absolute Gasteiger partial charge is 0.410 e. The Balaban J connectivity index is 1.65. The Morgan fingerprint density at radius 2 is 2.09 bits per heavy atom. The lowest BCUT2D eigenvalue weighted by Gasteiger charge is -2.26. The number of amides is 1. The van der Waals surface area contributed by atoms with Crippen molar-refractivity contribution < 1.29 is 14.3 Å². The summed E-state index contributed by atoms with van der Waals surface area (Å²) in [6.45, 7) is 8.17. The summed E-state index contributed by atoms with van der Waals surface area (Å²) in [5.74, 6) is 0.754. The van der Waals surface area contributed by atoms with E-state index in [0.29, 0.717) is 6.54 Å². The molecule has 1 fully saturated rings. The highest BCUT2D eigenvalue weighted by Gasteiger charge is 2.36. The Kier molecular flexibility index (Phi) is 3.92. The van der Waals surface area contributed by atoms with Crippen molar-refractivity contribution >= 4 is 11.6 Å². The summed E-state index contributed by atoms with van der Waals surface area (Å²) < 4.78 is 13.3. The van der Waals surface area contributed by atoms with Gasteiger partial charge in [-0.3, -0.25) is 0 Å². The first kappa shape index (κ1) is 15.6. The topological polar surface area (TPSA) is 56.1 Å². The minimum Gasteiger partial charge on any atom is -0.487 e. The average molecular weight is 317 g/mol. The molecule has 0 spiro atoms. The van der Waals surface area contributed by atoms with Gasteiger partial charge in [-0.05, 0) is 45.9 Å². The van der Waals surface area contributed by atoms with Gasteiger partial charge in [0, 0.05) is 18.7 Å². The molecule has 3 rings (SSSR count). The first-order chi connectivity index (χ1) is 10.8. The van der Waals surface area contributed by atoms with Crippen LogP contribution >= 0.6 is 0 Å². The number of nitrogens with zero attached hydrogens (tertiary/aromatic N) is 3. The van der Waals surface area contributed by atoms with Crippen molar-refractivity contribution in [1.29, 1.82) is 0 Å². The van der Waals surface area contributed by atoms with Gasteiger partial charge in [0.05, 0.1) is 18.3 Å². The molecule has 0 N–H and O–H groups in total. The summed E-state index contributed by atoms with van der Waals surface area (Å²) in [4.78, 5) is 14.0.